The van der Waals surface area contributed by atoms with E-state index < -0.39 is 0 Å². The topological polar surface area (TPSA) is 50.7 Å². The molecule has 3 fully saturated rings. The molecule has 3 unspecified atom stereocenters. The van der Waals surface area contributed by atoms with Crippen molar-refractivity contribution in [1.29, 1.82) is 0 Å². The van der Waals surface area contributed by atoms with Gasteiger partial charge >= 0.3 is 0 Å². The Bertz CT molecular complexity index is 289. The van der Waals surface area contributed by atoms with Gasteiger partial charge in [-0.1, -0.05) is 6.42 Å². The number of rotatable bonds is 7. The molecule has 1 aliphatic heterocycles. The van der Waals surface area contributed by atoms with Crippen molar-refractivity contribution < 1.29 is 14.6 Å². The van der Waals surface area contributed by atoms with Crippen molar-refractivity contribution in [2.75, 3.05) is 26.4 Å². The molecule has 2 aliphatic carbocycles. The van der Waals surface area contributed by atoms with E-state index in [2.05, 4.69) is 5.32 Å². The predicted octanol–water partition coefficient (Wildman–Crippen LogP) is 1.47. The molecule has 0 radical (unpaired) electrons. The number of aliphatic hydroxyl groups is 1. The van der Waals surface area contributed by atoms with Crippen LogP contribution < -0.4 is 5.32 Å². The summed E-state index contributed by atoms with van der Waals surface area (Å²) in [5.74, 6) is 0.570. The van der Waals surface area contributed by atoms with E-state index in [0.29, 0.717) is 18.1 Å². The first-order valence-corrected chi connectivity index (χ1v) is 7.90. The molecule has 110 valence electrons. The van der Waals surface area contributed by atoms with Crippen LogP contribution >= 0.6 is 0 Å². The highest BCUT2D eigenvalue weighted by atomic mass is 16.5. The van der Waals surface area contributed by atoms with Gasteiger partial charge in [-0.15, -0.1) is 0 Å². The molecule has 0 bridgehead atoms. The molecule has 0 aromatic rings. The Labute approximate surface area is 115 Å². The van der Waals surface area contributed by atoms with Gasteiger partial charge in [-0.05, 0) is 44.4 Å². The highest BCUT2D eigenvalue weighted by Crippen LogP contribution is 2.40. The largest absolute Gasteiger partial charge is 0.394 e. The summed E-state index contributed by atoms with van der Waals surface area (Å²) in [6, 6.07) is 0.664. The Hall–Kier alpha value is -0.160. The number of aliphatic hydroxyl groups excluding tert-OH is 1. The molecule has 0 aromatic carbocycles. The van der Waals surface area contributed by atoms with E-state index in [4.69, 9.17) is 9.47 Å². The molecule has 2 N–H and O–H groups in total. The summed E-state index contributed by atoms with van der Waals surface area (Å²) in [6.45, 7) is 2.70. The number of hydrogen-bond acceptors (Lipinski definition) is 4. The third-order valence-corrected chi connectivity index (χ3v) is 5.02. The van der Waals surface area contributed by atoms with Gasteiger partial charge < -0.3 is 19.9 Å². The summed E-state index contributed by atoms with van der Waals surface area (Å²) in [4.78, 5) is 0. The lowest BCUT2D eigenvalue weighted by atomic mass is 9.85. The van der Waals surface area contributed by atoms with Crippen molar-refractivity contribution >= 4 is 0 Å². The summed E-state index contributed by atoms with van der Waals surface area (Å²) in [6.07, 6.45) is 8.56. The third-order valence-electron chi connectivity index (χ3n) is 5.02. The van der Waals surface area contributed by atoms with Crippen LogP contribution in [0.15, 0.2) is 0 Å². The van der Waals surface area contributed by atoms with Crippen molar-refractivity contribution in [1.82, 2.24) is 5.32 Å². The quantitative estimate of drug-likeness (QED) is 0.735. The van der Waals surface area contributed by atoms with Crippen molar-refractivity contribution in [3.63, 3.8) is 0 Å². The summed E-state index contributed by atoms with van der Waals surface area (Å²) in [5.41, 5.74) is -0.0172. The average Bonchev–Trinajstić information content (AvgIpc) is 2.92. The Morgan fingerprint density at radius 3 is 2.84 bits per heavy atom. The Kier molecular flexibility index (Phi) is 4.42. The van der Waals surface area contributed by atoms with E-state index in [1.165, 1.54) is 25.7 Å². The minimum Gasteiger partial charge on any atom is -0.394 e. The third kappa shape index (κ3) is 3.30. The summed E-state index contributed by atoms with van der Waals surface area (Å²) >= 11 is 0. The molecule has 0 spiro atoms. The normalized spacial score (nSPS) is 39.0. The molecule has 0 aromatic heterocycles. The minimum absolute atomic E-state index is 0.0172. The zero-order valence-electron chi connectivity index (χ0n) is 11.8. The number of hydrogen-bond donors (Lipinski definition) is 2. The van der Waals surface area contributed by atoms with Crippen LogP contribution in [0.2, 0.25) is 0 Å². The van der Waals surface area contributed by atoms with Gasteiger partial charge in [-0.2, -0.15) is 0 Å². The maximum atomic E-state index is 9.85. The zero-order chi connectivity index (χ0) is 13.1. The van der Waals surface area contributed by atoms with Gasteiger partial charge in [0.15, 0.2) is 0 Å². The van der Waals surface area contributed by atoms with E-state index in [9.17, 15) is 5.11 Å². The maximum absolute atomic E-state index is 9.85. The molecular formula is C15H27NO3. The van der Waals surface area contributed by atoms with Gasteiger partial charge in [-0.25, -0.2) is 0 Å². The van der Waals surface area contributed by atoms with Crippen molar-refractivity contribution in [3.05, 3.63) is 0 Å². The Morgan fingerprint density at radius 2 is 2.16 bits per heavy atom. The van der Waals surface area contributed by atoms with E-state index >= 15 is 0 Å². The van der Waals surface area contributed by atoms with E-state index in [-0.39, 0.29) is 12.1 Å². The van der Waals surface area contributed by atoms with Gasteiger partial charge in [0.05, 0.1) is 19.3 Å². The molecule has 1 heterocycles. The van der Waals surface area contributed by atoms with Crippen LogP contribution in [0.4, 0.5) is 0 Å². The zero-order valence-corrected chi connectivity index (χ0v) is 11.8. The van der Waals surface area contributed by atoms with E-state index in [1.54, 1.807) is 0 Å². The molecule has 3 aliphatic rings. The predicted molar refractivity (Wildman–Crippen MR) is 73.1 cm³/mol. The standard InChI is InChI=1S/C15H27NO3/c17-11-15(16-13-3-4-13)7-1-2-12(15)5-9-19-14-6-8-18-10-14/h12-14,16-17H,1-11H2. The monoisotopic (exact) mass is 269 g/mol. The average molecular weight is 269 g/mol. The lowest BCUT2D eigenvalue weighted by molar-refractivity contribution is 0.0242. The summed E-state index contributed by atoms with van der Waals surface area (Å²) < 4.78 is 11.2. The second kappa shape index (κ2) is 6.08. The van der Waals surface area contributed by atoms with Gasteiger partial charge in [-0.3, -0.25) is 0 Å². The lowest BCUT2D eigenvalue weighted by Gasteiger charge is -2.35. The molecule has 1 saturated heterocycles. The number of nitrogens with one attached hydrogen (secondary N) is 1. The Morgan fingerprint density at radius 1 is 1.26 bits per heavy atom. The molecule has 0 amide bonds. The highest BCUT2D eigenvalue weighted by Gasteiger charge is 2.44. The highest BCUT2D eigenvalue weighted by molar-refractivity contribution is 5.02. The fourth-order valence-electron chi connectivity index (χ4n) is 3.66. The van der Waals surface area contributed by atoms with Crippen LogP contribution in [0.25, 0.3) is 0 Å². The van der Waals surface area contributed by atoms with Gasteiger partial charge in [0.1, 0.15) is 0 Å². The van der Waals surface area contributed by atoms with Crippen LogP contribution in [0, 0.1) is 5.92 Å². The van der Waals surface area contributed by atoms with Crippen LogP contribution in [0.5, 0.6) is 0 Å². The van der Waals surface area contributed by atoms with Gasteiger partial charge in [0, 0.05) is 24.8 Å². The molecule has 2 saturated carbocycles. The van der Waals surface area contributed by atoms with Crippen molar-refractivity contribution in [3.8, 4) is 0 Å². The van der Waals surface area contributed by atoms with Crippen molar-refractivity contribution in [2.45, 2.75) is 62.6 Å². The van der Waals surface area contributed by atoms with Crippen molar-refractivity contribution in [2.24, 2.45) is 5.92 Å². The smallest absolute Gasteiger partial charge is 0.0830 e. The van der Waals surface area contributed by atoms with Crippen LogP contribution in [-0.4, -0.2) is 49.2 Å². The molecule has 3 atom stereocenters. The second-order valence-electron chi connectivity index (χ2n) is 6.47. The molecule has 19 heavy (non-hydrogen) atoms. The first-order chi connectivity index (χ1) is 9.32. The first kappa shape index (κ1) is 13.8. The van der Waals surface area contributed by atoms with E-state index in [0.717, 1.165) is 39.1 Å². The molecule has 3 rings (SSSR count). The Balaban J connectivity index is 1.47. The van der Waals surface area contributed by atoms with E-state index in [1.807, 2.05) is 0 Å². The fourth-order valence-corrected chi connectivity index (χ4v) is 3.66. The second-order valence-corrected chi connectivity index (χ2v) is 6.47. The summed E-state index contributed by atoms with van der Waals surface area (Å²) in [5, 5.41) is 13.6. The lowest BCUT2D eigenvalue weighted by Crippen LogP contribution is -2.52. The number of ether oxygens (including phenoxy) is 2. The molecule has 4 heteroatoms. The van der Waals surface area contributed by atoms with Crippen LogP contribution in [0.3, 0.4) is 0 Å². The van der Waals surface area contributed by atoms with Gasteiger partial charge in [0.2, 0.25) is 0 Å². The maximum Gasteiger partial charge on any atom is 0.0830 e. The summed E-state index contributed by atoms with van der Waals surface area (Å²) in [7, 11) is 0. The minimum atomic E-state index is -0.0172. The SMILES string of the molecule is OCC1(NC2CC2)CCCC1CCOC1CCOC1. The molecule has 4 nitrogen and oxygen atoms in total. The fraction of sp³-hybridized carbons (Fsp3) is 1.00. The molecular weight excluding hydrogens is 242 g/mol. The van der Waals surface area contributed by atoms with Gasteiger partial charge in [0.25, 0.3) is 0 Å². The van der Waals surface area contributed by atoms with Crippen LogP contribution in [0.1, 0.15) is 44.9 Å². The van der Waals surface area contributed by atoms with Crippen LogP contribution in [-0.2, 0) is 9.47 Å². The first-order valence-electron chi connectivity index (χ1n) is 7.90.